The first-order valence-electron chi connectivity index (χ1n) is 11.9. The van der Waals surface area contributed by atoms with Crippen LogP contribution >= 0.6 is 0 Å². The Bertz CT molecular complexity index is 1230. The van der Waals surface area contributed by atoms with Gasteiger partial charge in [0.15, 0.2) is 0 Å². The molecule has 8 heteroatoms. The van der Waals surface area contributed by atoms with Crippen molar-refractivity contribution in [2.75, 3.05) is 33.9 Å². The van der Waals surface area contributed by atoms with Crippen molar-refractivity contribution in [3.8, 4) is 5.75 Å². The van der Waals surface area contributed by atoms with Crippen LogP contribution in [-0.4, -0.2) is 65.9 Å². The molecule has 0 N–H and O–H groups in total. The van der Waals surface area contributed by atoms with Crippen LogP contribution in [0.1, 0.15) is 39.6 Å². The molecule has 1 aliphatic heterocycles. The lowest BCUT2D eigenvalue weighted by atomic mass is 9.99. The monoisotopic (exact) mass is 488 g/mol. The number of hydrazone groups is 1. The molecule has 36 heavy (non-hydrogen) atoms. The number of hydrogen-bond donors (Lipinski definition) is 0. The number of hydrogen-bond acceptors (Lipinski definition) is 5. The summed E-state index contributed by atoms with van der Waals surface area (Å²) < 4.78 is 12.4. The van der Waals surface area contributed by atoms with E-state index in [-0.39, 0.29) is 30.9 Å². The van der Waals surface area contributed by atoms with E-state index in [1.807, 2.05) is 61.1 Å². The maximum Gasteiger partial charge on any atom is 0.262 e. The minimum absolute atomic E-state index is 0.111. The van der Waals surface area contributed by atoms with Crippen molar-refractivity contribution in [1.29, 1.82) is 0 Å². The van der Waals surface area contributed by atoms with Crippen molar-refractivity contribution in [2.45, 2.75) is 19.4 Å². The number of aromatic nitrogens is 1. The number of rotatable bonds is 9. The van der Waals surface area contributed by atoms with Gasteiger partial charge in [0.25, 0.3) is 11.8 Å². The molecule has 0 saturated heterocycles. The molecular weight excluding hydrogens is 456 g/mol. The van der Waals surface area contributed by atoms with Gasteiger partial charge in [-0.2, -0.15) is 5.10 Å². The lowest BCUT2D eigenvalue weighted by Gasteiger charge is -2.27. The van der Waals surface area contributed by atoms with Gasteiger partial charge >= 0.3 is 0 Å². The van der Waals surface area contributed by atoms with Crippen molar-refractivity contribution in [3.05, 3.63) is 89.2 Å². The topological polar surface area (TPSA) is 76.4 Å². The number of ether oxygens (including phenoxy) is 2. The van der Waals surface area contributed by atoms with Crippen LogP contribution in [0, 0.1) is 6.92 Å². The highest BCUT2D eigenvalue weighted by molar-refractivity contribution is 6.02. The number of carbonyl (C=O) groups excluding carboxylic acids is 2. The minimum atomic E-state index is -0.249. The largest absolute Gasteiger partial charge is 0.497 e. The Morgan fingerprint density at radius 1 is 1.06 bits per heavy atom. The Morgan fingerprint density at radius 3 is 2.39 bits per heavy atom. The third-order valence-electron chi connectivity index (χ3n) is 6.38. The second-order valence-corrected chi connectivity index (χ2v) is 8.87. The fraction of sp³-hybridized carbons (Fsp3) is 0.321. The number of benzene rings is 2. The summed E-state index contributed by atoms with van der Waals surface area (Å²) in [5.41, 5.74) is 4.43. The summed E-state index contributed by atoms with van der Waals surface area (Å²) in [5.74, 6) is 0.162. The zero-order valence-corrected chi connectivity index (χ0v) is 21.2. The summed E-state index contributed by atoms with van der Waals surface area (Å²) in [6, 6.07) is 18.7. The molecule has 2 aromatic carbocycles. The van der Waals surface area contributed by atoms with E-state index in [1.54, 1.807) is 38.5 Å². The quantitative estimate of drug-likeness (QED) is 0.459. The second-order valence-electron chi connectivity index (χ2n) is 8.87. The average Bonchev–Trinajstić information content (AvgIpc) is 3.53. The van der Waals surface area contributed by atoms with E-state index >= 15 is 0 Å². The first-order valence-corrected chi connectivity index (χ1v) is 11.9. The maximum atomic E-state index is 13.7. The van der Waals surface area contributed by atoms with Gasteiger partial charge in [-0.05, 0) is 48.9 Å². The highest BCUT2D eigenvalue weighted by Gasteiger charge is 2.35. The summed E-state index contributed by atoms with van der Waals surface area (Å²) in [4.78, 5) is 28.5. The summed E-state index contributed by atoms with van der Waals surface area (Å²) in [5, 5.41) is 6.29. The van der Waals surface area contributed by atoms with Gasteiger partial charge < -0.3 is 18.9 Å². The molecule has 0 bridgehead atoms. The van der Waals surface area contributed by atoms with E-state index < -0.39 is 0 Å². The van der Waals surface area contributed by atoms with Gasteiger partial charge in [0.05, 0.1) is 31.2 Å². The molecule has 188 valence electrons. The fourth-order valence-corrected chi connectivity index (χ4v) is 4.31. The van der Waals surface area contributed by atoms with Gasteiger partial charge in [-0.3, -0.25) is 9.59 Å². The van der Waals surface area contributed by atoms with Gasteiger partial charge in [0.2, 0.25) is 0 Å². The SMILES string of the molecule is COCCN(CC(=O)N1N=C(c2cccn2C)CC1c1ccc(C)cc1)C(=O)c1ccc(OC)cc1. The van der Waals surface area contributed by atoms with Crippen LogP contribution in [0.3, 0.4) is 0 Å². The maximum absolute atomic E-state index is 13.7. The summed E-state index contributed by atoms with van der Waals surface area (Å²) >= 11 is 0. The van der Waals surface area contributed by atoms with E-state index in [0.29, 0.717) is 24.3 Å². The molecule has 0 spiro atoms. The first kappa shape index (κ1) is 25.2. The molecular formula is C28H32N4O4. The molecule has 1 aromatic heterocycles. The van der Waals surface area contributed by atoms with E-state index in [0.717, 1.165) is 22.5 Å². The standard InChI is InChI=1S/C28H32N4O4/c1-20-7-9-21(10-8-20)26-18-24(25-6-5-15-30(25)2)29-32(26)27(33)19-31(16-17-35-3)28(34)22-11-13-23(36-4)14-12-22/h5-15,26H,16-19H2,1-4H3. The van der Waals surface area contributed by atoms with Gasteiger partial charge in [-0.25, -0.2) is 5.01 Å². The highest BCUT2D eigenvalue weighted by atomic mass is 16.5. The second kappa shape index (κ2) is 11.2. The molecule has 2 amide bonds. The van der Waals surface area contributed by atoms with Gasteiger partial charge in [0, 0.05) is 38.9 Å². The summed E-state index contributed by atoms with van der Waals surface area (Å²) in [6.45, 7) is 2.52. The molecule has 3 aromatic rings. The van der Waals surface area contributed by atoms with E-state index in [9.17, 15) is 9.59 Å². The molecule has 8 nitrogen and oxygen atoms in total. The molecule has 1 aliphatic rings. The van der Waals surface area contributed by atoms with E-state index in [2.05, 4.69) is 0 Å². The Kier molecular flexibility index (Phi) is 7.85. The van der Waals surface area contributed by atoms with Crippen molar-refractivity contribution in [2.24, 2.45) is 12.1 Å². The smallest absolute Gasteiger partial charge is 0.262 e. The van der Waals surface area contributed by atoms with Crippen molar-refractivity contribution < 1.29 is 19.1 Å². The molecule has 1 atom stereocenters. The average molecular weight is 489 g/mol. The van der Waals surface area contributed by atoms with E-state index in [4.69, 9.17) is 14.6 Å². The number of carbonyl (C=O) groups is 2. The number of methoxy groups -OCH3 is 2. The molecule has 2 heterocycles. The van der Waals surface area contributed by atoms with Crippen LogP contribution in [0.25, 0.3) is 0 Å². The molecule has 4 rings (SSSR count). The predicted molar refractivity (Wildman–Crippen MR) is 138 cm³/mol. The van der Waals surface area contributed by atoms with Crippen LogP contribution in [0.5, 0.6) is 5.75 Å². The molecule has 0 aliphatic carbocycles. The molecule has 0 saturated carbocycles. The van der Waals surface area contributed by atoms with Crippen LogP contribution in [0.4, 0.5) is 0 Å². The minimum Gasteiger partial charge on any atom is -0.497 e. The lowest BCUT2D eigenvalue weighted by molar-refractivity contribution is -0.133. The van der Waals surface area contributed by atoms with Crippen LogP contribution in [0.15, 0.2) is 72.0 Å². The highest BCUT2D eigenvalue weighted by Crippen LogP contribution is 2.33. The molecule has 1 unspecified atom stereocenters. The Balaban J connectivity index is 1.61. The zero-order valence-electron chi connectivity index (χ0n) is 21.2. The van der Waals surface area contributed by atoms with Gasteiger partial charge in [-0.1, -0.05) is 29.8 Å². The predicted octanol–water partition coefficient (Wildman–Crippen LogP) is 3.81. The molecule has 0 fully saturated rings. The zero-order chi connectivity index (χ0) is 25.7. The lowest BCUT2D eigenvalue weighted by Crippen LogP contribution is -2.42. The van der Waals surface area contributed by atoms with Crippen molar-refractivity contribution >= 4 is 17.5 Å². The van der Waals surface area contributed by atoms with Crippen LogP contribution in [0.2, 0.25) is 0 Å². The number of aryl methyl sites for hydroxylation is 2. The number of nitrogens with zero attached hydrogens (tertiary/aromatic N) is 4. The first-order chi connectivity index (χ1) is 17.4. The van der Waals surface area contributed by atoms with Crippen LogP contribution < -0.4 is 4.74 Å². The van der Waals surface area contributed by atoms with Gasteiger partial charge in [0.1, 0.15) is 12.3 Å². The van der Waals surface area contributed by atoms with Crippen LogP contribution in [-0.2, 0) is 16.6 Å². The van der Waals surface area contributed by atoms with Crippen molar-refractivity contribution in [1.82, 2.24) is 14.5 Å². The Hall–Kier alpha value is -3.91. The third-order valence-corrected chi connectivity index (χ3v) is 6.38. The van der Waals surface area contributed by atoms with Crippen molar-refractivity contribution in [3.63, 3.8) is 0 Å². The molecule has 0 radical (unpaired) electrons. The van der Waals surface area contributed by atoms with Gasteiger partial charge in [-0.15, -0.1) is 0 Å². The van der Waals surface area contributed by atoms with E-state index in [1.165, 1.54) is 9.91 Å². The Morgan fingerprint density at radius 2 is 1.78 bits per heavy atom. The summed E-state index contributed by atoms with van der Waals surface area (Å²) in [6.07, 6.45) is 2.56. The Labute approximate surface area is 211 Å². The fourth-order valence-electron chi connectivity index (χ4n) is 4.31. The summed E-state index contributed by atoms with van der Waals surface area (Å²) in [7, 11) is 5.11. The number of amides is 2. The normalized spacial score (nSPS) is 15.1. The third kappa shape index (κ3) is 5.49.